The van der Waals surface area contributed by atoms with Crippen molar-refractivity contribution in [3.8, 4) is 0 Å². The lowest BCUT2D eigenvalue weighted by Gasteiger charge is -2.24. The second kappa shape index (κ2) is 6.94. The Bertz CT molecular complexity index is 481. The summed E-state index contributed by atoms with van der Waals surface area (Å²) in [5, 5.41) is 3.01. The smallest absolute Gasteiger partial charge is 0.322 e. The van der Waals surface area contributed by atoms with E-state index in [-0.39, 0.29) is 12.1 Å². The van der Waals surface area contributed by atoms with Gasteiger partial charge >= 0.3 is 6.03 Å². The van der Waals surface area contributed by atoms with Gasteiger partial charge in [-0.15, -0.1) is 0 Å². The predicted molar refractivity (Wildman–Crippen MR) is 87.2 cm³/mol. The summed E-state index contributed by atoms with van der Waals surface area (Å²) in [5.74, 6) is 0.612. The van der Waals surface area contributed by atoms with Crippen LogP contribution in [-0.4, -0.2) is 23.5 Å². The van der Waals surface area contributed by atoms with Crippen LogP contribution in [0.1, 0.15) is 51.6 Å². The van der Waals surface area contributed by atoms with Gasteiger partial charge in [-0.05, 0) is 49.8 Å². The minimum Gasteiger partial charge on any atom is -0.324 e. The molecule has 1 saturated carbocycles. The van der Waals surface area contributed by atoms with Crippen LogP contribution >= 0.6 is 0 Å². The summed E-state index contributed by atoms with van der Waals surface area (Å²) in [6, 6.07) is 8.21. The van der Waals surface area contributed by atoms with Crippen molar-refractivity contribution < 1.29 is 4.79 Å². The van der Waals surface area contributed by atoms with Gasteiger partial charge in [-0.1, -0.05) is 26.0 Å². The van der Waals surface area contributed by atoms with Crippen molar-refractivity contribution in [1.29, 1.82) is 0 Å². The molecule has 21 heavy (non-hydrogen) atoms. The topological polar surface area (TPSA) is 58.4 Å². The van der Waals surface area contributed by atoms with Crippen LogP contribution in [0.4, 0.5) is 10.5 Å². The Kier molecular flexibility index (Phi) is 5.23. The molecule has 0 saturated heterocycles. The van der Waals surface area contributed by atoms with E-state index in [4.69, 9.17) is 5.73 Å². The van der Waals surface area contributed by atoms with Gasteiger partial charge in [-0.2, -0.15) is 0 Å². The van der Waals surface area contributed by atoms with Gasteiger partial charge in [0.15, 0.2) is 0 Å². The maximum Gasteiger partial charge on any atom is 0.322 e. The van der Waals surface area contributed by atoms with Crippen LogP contribution < -0.4 is 11.1 Å². The first-order valence-corrected chi connectivity index (χ1v) is 7.90. The van der Waals surface area contributed by atoms with Crippen molar-refractivity contribution in [2.24, 2.45) is 11.7 Å². The van der Waals surface area contributed by atoms with Gasteiger partial charge in [0.05, 0.1) is 0 Å². The molecule has 0 aromatic heterocycles. The van der Waals surface area contributed by atoms with E-state index in [1.54, 1.807) is 0 Å². The van der Waals surface area contributed by atoms with E-state index >= 15 is 0 Å². The summed E-state index contributed by atoms with van der Waals surface area (Å²) in [4.78, 5) is 14.5. The summed E-state index contributed by atoms with van der Waals surface area (Å²) >= 11 is 0. The molecule has 2 rings (SSSR count). The molecule has 0 radical (unpaired) electrons. The minimum atomic E-state index is -0.0256. The number of hydrogen-bond acceptors (Lipinski definition) is 2. The van der Waals surface area contributed by atoms with Crippen LogP contribution in [0.5, 0.6) is 0 Å². The molecule has 116 valence electrons. The van der Waals surface area contributed by atoms with E-state index in [1.807, 2.05) is 36.1 Å². The van der Waals surface area contributed by atoms with E-state index in [0.717, 1.165) is 37.1 Å². The molecule has 1 unspecified atom stereocenters. The van der Waals surface area contributed by atoms with Crippen molar-refractivity contribution in [1.82, 2.24) is 4.90 Å². The second-order valence-electron chi connectivity index (χ2n) is 6.45. The van der Waals surface area contributed by atoms with Gasteiger partial charge in [0.2, 0.25) is 0 Å². The van der Waals surface area contributed by atoms with Gasteiger partial charge in [0.25, 0.3) is 0 Å². The Hall–Kier alpha value is -1.55. The normalized spacial score (nSPS) is 15.9. The molecule has 3 N–H and O–H groups in total. The van der Waals surface area contributed by atoms with Crippen LogP contribution in [0.2, 0.25) is 0 Å². The summed E-state index contributed by atoms with van der Waals surface area (Å²) in [7, 11) is 0. The number of benzene rings is 1. The number of rotatable bonds is 6. The zero-order valence-electron chi connectivity index (χ0n) is 13.3. The van der Waals surface area contributed by atoms with E-state index in [2.05, 4.69) is 19.2 Å². The Balaban J connectivity index is 1.99. The van der Waals surface area contributed by atoms with E-state index in [0.29, 0.717) is 12.0 Å². The quantitative estimate of drug-likeness (QED) is 0.838. The fourth-order valence-corrected chi connectivity index (χ4v) is 2.33. The third kappa shape index (κ3) is 4.74. The zero-order chi connectivity index (χ0) is 15.4. The molecular formula is C17H27N3O. The molecule has 2 amide bonds. The highest BCUT2D eigenvalue weighted by atomic mass is 16.2. The Labute approximate surface area is 127 Å². The third-order valence-corrected chi connectivity index (χ3v) is 3.86. The maximum absolute atomic E-state index is 12.5. The Morgan fingerprint density at radius 2 is 2.10 bits per heavy atom. The van der Waals surface area contributed by atoms with Crippen molar-refractivity contribution in [2.75, 3.05) is 11.9 Å². The average molecular weight is 289 g/mol. The van der Waals surface area contributed by atoms with Crippen LogP contribution in [-0.2, 0) is 0 Å². The fourth-order valence-electron chi connectivity index (χ4n) is 2.33. The summed E-state index contributed by atoms with van der Waals surface area (Å²) in [6.45, 7) is 7.16. The number of urea groups is 1. The largest absolute Gasteiger partial charge is 0.324 e. The molecule has 4 heteroatoms. The summed E-state index contributed by atoms with van der Waals surface area (Å²) in [5.41, 5.74) is 7.75. The van der Waals surface area contributed by atoms with Crippen LogP contribution in [0.3, 0.4) is 0 Å². The van der Waals surface area contributed by atoms with Gasteiger partial charge in [-0.25, -0.2) is 4.79 Å². The third-order valence-electron chi connectivity index (χ3n) is 3.86. The number of nitrogens with one attached hydrogen (secondary N) is 1. The summed E-state index contributed by atoms with van der Waals surface area (Å²) < 4.78 is 0. The van der Waals surface area contributed by atoms with Gasteiger partial charge in [0, 0.05) is 24.3 Å². The molecule has 0 heterocycles. The predicted octanol–water partition coefficient (Wildman–Crippen LogP) is 3.75. The van der Waals surface area contributed by atoms with Gasteiger partial charge < -0.3 is 16.0 Å². The standard InChI is InChI=1S/C17H27N3O/c1-12(2)9-10-20(16-7-8-16)17(21)19-15-6-4-5-14(11-15)13(3)18/h4-6,11-13,16H,7-10,18H2,1-3H3,(H,19,21). The first-order valence-electron chi connectivity index (χ1n) is 7.90. The molecule has 0 spiro atoms. The minimum absolute atomic E-state index is 0.0139. The van der Waals surface area contributed by atoms with E-state index < -0.39 is 0 Å². The van der Waals surface area contributed by atoms with E-state index in [1.165, 1.54) is 0 Å². The molecule has 4 nitrogen and oxygen atoms in total. The Morgan fingerprint density at radius 3 is 2.67 bits per heavy atom. The maximum atomic E-state index is 12.5. The SMILES string of the molecule is CC(C)CCN(C(=O)Nc1cccc(C(C)N)c1)C1CC1. The molecule has 0 bridgehead atoms. The van der Waals surface area contributed by atoms with Crippen molar-refractivity contribution in [3.05, 3.63) is 29.8 Å². The van der Waals surface area contributed by atoms with Crippen molar-refractivity contribution in [3.63, 3.8) is 0 Å². The number of carbonyl (C=O) groups excluding carboxylic acids is 1. The molecule has 1 aliphatic rings. The highest BCUT2D eigenvalue weighted by Gasteiger charge is 2.32. The monoisotopic (exact) mass is 289 g/mol. The van der Waals surface area contributed by atoms with Crippen LogP contribution in [0.25, 0.3) is 0 Å². The molecule has 1 aliphatic carbocycles. The number of amides is 2. The lowest BCUT2D eigenvalue weighted by molar-refractivity contribution is 0.205. The van der Waals surface area contributed by atoms with Crippen molar-refractivity contribution in [2.45, 2.75) is 52.1 Å². The number of nitrogens with two attached hydrogens (primary N) is 1. The lowest BCUT2D eigenvalue weighted by Crippen LogP contribution is -2.38. The summed E-state index contributed by atoms with van der Waals surface area (Å²) in [6.07, 6.45) is 3.31. The number of carbonyl (C=O) groups is 1. The molecule has 1 fully saturated rings. The van der Waals surface area contributed by atoms with Crippen molar-refractivity contribution >= 4 is 11.7 Å². The van der Waals surface area contributed by atoms with Gasteiger partial charge in [-0.3, -0.25) is 0 Å². The number of hydrogen-bond donors (Lipinski definition) is 2. The molecule has 1 aromatic rings. The molecule has 1 aromatic carbocycles. The first kappa shape index (κ1) is 15.8. The Morgan fingerprint density at radius 1 is 1.38 bits per heavy atom. The molecule has 0 aliphatic heterocycles. The number of nitrogens with zero attached hydrogens (tertiary/aromatic N) is 1. The zero-order valence-corrected chi connectivity index (χ0v) is 13.3. The second-order valence-corrected chi connectivity index (χ2v) is 6.45. The van der Waals surface area contributed by atoms with Crippen LogP contribution in [0, 0.1) is 5.92 Å². The molecular weight excluding hydrogens is 262 g/mol. The lowest BCUT2D eigenvalue weighted by atomic mass is 10.1. The van der Waals surface area contributed by atoms with Gasteiger partial charge in [0.1, 0.15) is 0 Å². The van der Waals surface area contributed by atoms with E-state index in [9.17, 15) is 4.79 Å². The highest BCUT2D eigenvalue weighted by molar-refractivity contribution is 5.89. The highest BCUT2D eigenvalue weighted by Crippen LogP contribution is 2.28. The first-order chi connectivity index (χ1) is 9.97. The fraction of sp³-hybridized carbons (Fsp3) is 0.588. The molecule has 1 atom stereocenters. The van der Waals surface area contributed by atoms with Crippen LogP contribution in [0.15, 0.2) is 24.3 Å². The number of anilines is 1. The average Bonchev–Trinajstić information content (AvgIpc) is 3.23.